The van der Waals surface area contributed by atoms with Gasteiger partial charge in [-0.2, -0.15) is 0 Å². The van der Waals surface area contributed by atoms with Gasteiger partial charge in [0.25, 0.3) is 11.6 Å². The summed E-state index contributed by atoms with van der Waals surface area (Å²) in [6.07, 6.45) is 0. The van der Waals surface area contributed by atoms with E-state index >= 15 is 0 Å². The average Bonchev–Trinajstić information content (AvgIpc) is 2.42. The summed E-state index contributed by atoms with van der Waals surface area (Å²) in [6, 6.07) is 4.45. The van der Waals surface area contributed by atoms with Crippen LogP contribution < -0.4 is 5.32 Å². The molecule has 7 nitrogen and oxygen atoms in total. The summed E-state index contributed by atoms with van der Waals surface area (Å²) < 4.78 is 0. The summed E-state index contributed by atoms with van der Waals surface area (Å²) in [5.41, 5.74) is -0.157. The molecule has 0 saturated heterocycles. The monoisotopic (exact) mass is 349 g/mol. The minimum atomic E-state index is -0.482. The predicted octanol–water partition coefficient (Wildman–Crippen LogP) is 2.88. The van der Waals surface area contributed by atoms with Gasteiger partial charge >= 0.3 is 0 Å². The standard InChI is InChI=1S/C18H27N3O4/c1-17(2,3)13-9-8-12(10-14(13)21(24)25)16(23)20(7)11-15(22)19-18(4,5)6/h8-10H,11H2,1-7H3,(H,19,22). The van der Waals surface area contributed by atoms with Gasteiger partial charge in [-0.15, -0.1) is 0 Å². The number of benzene rings is 1. The van der Waals surface area contributed by atoms with Crippen molar-refractivity contribution in [3.8, 4) is 0 Å². The number of rotatable bonds is 4. The fourth-order valence-corrected chi connectivity index (χ4v) is 2.42. The Bertz CT molecular complexity index is 685. The van der Waals surface area contributed by atoms with Crippen molar-refractivity contribution >= 4 is 17.5 Å². The number of carbonyl (C=O) groups is 2. The van der Waals surface area contributed by atoms with Crippen LogP contribution >= 0.6 is 0 Å². The zero-order valence-electron chi connectivity index (χ0n) is 16.0. The van der Waals surface area contributed by atoms with Gasteiger partial charge in [-0.3, -0.25) is 19.7 Å². The molecule has 1 aromatic carbocycles. The van der Waals surface area contributed by atoms with E-state index in [1.165, 1.54) is 18.0 Å². The van der Waals surface area contributed by atoms with Crippen molar-refractivity contribution in [1.82, 2.24) is 10.2 Å². The van der Waals surface area contributed by atoms with Gasteiger partial charge < -0.3 is 10.2 Å². The predicted molar refractivity (Wildman–Crippen MR) is 96.7 cm³/mol. The fraction of sp³-hybridized carbons (Fsp3) is 0.556. The van der Waals surface area contributed by atoms with Gasteiger partial charge in [-0.05, 0) is 32.3 Å². The lowest BCUT2D eigenvalue weighted by Gasteiger charge is -2.24. The molecule has 1 N–H and O–H groups in total. The molecule has 25 heavy (non-hydrogen) atoms. The van der Waals surface area contributed by atoms with Gasteiger partial charge in [-0.25, -0.2) is 0 Å². The molecule has 0 spiro atoms. The molecular weight excluding hydrogens is 322 g/mol. The van der Waals surface area contributed by atoms with Crippen molar-refractivity contribution in [2.75, 3.05) is 13.6 Å². The van der Waals surface area contributed by atoms with Crippen LogP contribution in [0.4, 0.5) is 5.69 Å². The number of nitrogens with one attached hydrogen (secondary N) is 1. The molecule has 0 heterocycles. The van der Waals surface area contributed by atoms with Gasteiger partial charge in [-0.1, -0.05) is 26.8 Å². The zero-order valence-corrected chi connectivity index (χ0v) is 16.0. The molecule has 138 valence electrons. The number of carbonyl (C=O) groups excluding carboxylic acids is 2. The molecule has 1 rings (SSSR count). The Morgan fingerprint density at radius 1 is 1.16 bits per heavy atom. The Morgan fingerprint density at radius 3 is 2.16 bits per heavy atom. The minimum absolute atomic E-state index is 0.0918. The van der Waals surface area contributed by atoms with Gasteiger partial charge in [0, 0.05) is 29.8 Å². The first-order chi connectivity index (χ1) is 11.2. The molecule has 0 saturated carbocycles. The van der Waals surface area contributed by atoms with Crippen molar-refractivity contribution in [3.63, 3.8) is 0 Å². The third-order valence-corrected chi connectivity index (χ3v) is 3.49. The molecule has 0 radical (unpaired) electrons. The molecule has 0 atom stereocenters. The maximum atomic E-state index is 12.5. The first kappa shape index (κ1) is 20.6. The summed E-state index contributed by atoms with van der Waals surface area (Å²) in [4.78, 5) is 36.6. The molecule has 7 heteroatoms. The van der Waals surface area contributed by atoms with Crippen LogP contribution in [0.5, 0.6) is 0 Å². The number of nitro groups is 1. The van der Waals surface area contributed by atoms with E-state index < -0.39 is 21.8 Å². The SMILES string of the molecule is CN(CC(=O)NC(C)(C)C)C(=O)c1ccc(C(C)(C)C)c([N+](=O)[O-])c1. The number of likely N-dealkylation sites (N-methyl/N-ethyl adjacent to an activating group) is 1. The molecule has 1 aromatic rings. The summed E-state index contributed by atoms with van der Waals surface area (Å²) >= 11 is 0. The van der Waals surface area contributed by atoms with Crippen molar-refractivity contribution in [1.29, 1.82) is 0 Å². The normalized spacial score (nSPS) is 11.8. The fourth-order valence-electron chi connectivity index (χ4n) is 2.42. The minimum Gasteiger partial charge on any atom is -0.350 e. The second-order valence-electron chi connectivity index (χ2n) is 8.20. The third kappa shape index (κ3) is 5.85. The highest BCUT2D eigenvalue weighted by Crippen LogP contribution is 2.32. The Morgan fingerprint density at radius 2 is 1.72 bits per heavy atom. The van der Waals surface area contributed by atoms with Gasteiger partial charge in [0.1, 0.15) is 0 Å². The average molecular weight is 349 g/mol. The van der Waals surface area contributed by atoms with E-state index in [1.807, 2.05) is 41.5 Å². The number of hydrogen-bond acceptors (Lipinski definition) is 4. The summed E-state index contributed by atoms with van der Waals surface area (Å²) in [7, 11) is 1.49. The maximum absolute atomic E-state index is 12.5. The Labute approximate surface area is 148 Å². The van der Waals surface area contributed by atoms with Crippen LogP contribution in [0, 0.1) is 10.1 Å². The molecule has 0 aliphatic carbocycles. The highest BCUT2D eigenvalue weighted by molar-refractivity contribution is 5.97. The Kier molecular flexibility index (Phi) is 5.94. The molecule has 0 bridgehead atoms. The molecule has 0 aromatic heterocycles. The first-order valence-corrected chi connectivity index (χ1v) is 8.08. The first-order valence-electron chi connectivity index (χ1n) is 8.08. The van der Waals surface area contributed by atoms with E-state index in [1.54, 1.807) is 12.1 Å². The largest absolute Gasteiger partial charge is 0.350 e. The molecule has 0 aliphatic heterocycles. The van der Waals surface area contributed by atoms with Gasteiger partial charge in [0.15, 0.2) is 0 Å². The Hall–Kier alpha value is -2.44. The molecule has 2 amide bonds. The number of hydrogen-bond donors (Lipinski definition) is 1. The molecule has 0 fully saturated rings. The van der Waals surface area contributed by atoms with Crippen LogP contribution in [0.15, 0.2) is 18.2 Å². The summed E-state index contributed by atoms with van der Waals surface area (Å²) in [5.74, 6) is -0.725. The maximum Gasteiger partial charge on any atom is 0.273 e. The molecule has 0 unspecified atom stereocenters. The highest BCUT2D eigenvalue weighted by atomic mass is 16.6. The van der Waals surface area contributed by atoms with Gasteiger partial charge in [0.05, 0.1) is 11.5 Å². The lowest BCUT2D eigenvalue weighted by atomic mass is 9.85. The topological polar surface area (TPSA) is 92.6 Å². The number of nitro benzene ring substituents is 1. The van der Waals surface area contributed by atoms with Crippen molar-refractivity contribution < 1.29 is 14.5 Å². The van der Waals surface area contributed by atoms with E-state index in [-0.39, 0.29) is 23.7 Å². The van der Waals surface area contributed by atoms with E-state index in [0.717, 1.165) is 0 Å². The van der Waals surface area contributed by atoms with E-state index in [0.29, 0.717) is 5.56 Å². The van der Waals surface area contributed by atoms with E-state index in [9.17, 15) is 19.7 Å². The van der Waals surface area contributed by atoms with E-state index in [2.05, 4.69) is 5.32 Å². The smallest absolute Gasteiger partial charge is 0.273 e. The summed E-state index contributed by atoms with van der Waals surface area (Å²) in [5, 5.41) is 14.1. The van der Waals surface area contributed by atoms with Crippen molar-refractivity contribution in [2.45, 2.75) is 52.5 Å². The number of nitrogens with zero attached hydrogens (tertiary/aromatic N) is 2. The lowest BCUT2D eigenvalue weighted by Crippen LogP contribution is -2.46. The third-order valence-electron chi connectivity index (χ3n) is 3.49. The van der Waals surface area contributed by atoms with Crippen LogP contribution in [-0.2, 0) is 10.2 Å². The molecular formula is C18H27N3O4. The van der Waals surface area contributed by atoms with Crippen molar-refractivity contribution in [2.24, 2.45) is 0 Å². The second-order valence-corrected chi connectivity index (χ2v) is 8.20. The van der Waals surface area contributed by atoms with Crippen LogP contribution in [0.1, 0.15) is 57.5 Å². The van der Waals surface area contributed by atoms with Crippen LogP contribution in [0.3, 0.4) is 0 Å². The van der Waals surface area contributed by atoms with Crippen molar-refractivity contribution in [3.05, 3.63) is 39.4 Å². The molecule has 0 aliphatic rings. The van der Waals surface area contributed by atoms with Crippen LogP contribution in [0.2, 0.25) is 0 Å². The zero-order chi connectivity index (χ0) is 19.6. The quantitative estimate of drug-likeness (QED) is 0.668. The summed E-state index contributed by atoms with van der Waals surface area (Å²) in [6.45, 7) is 11.0. The lowest BCUT2D eigenvalue weighted by molar-refractivity contribution is -0.386. The van der Waals surface area contributed by atoms with Crippen LogP contribution in [0.25, 0.3) is 0 Å². The second kappa shape index (κ2) is 7.21. The van der Waals surface area contributed by atoms with E-state index in [4.69, 9.17) is 0 Å². The Balaban J connectivity index is 3.04. The number of amides is 2. The van der Waals surface area contributed by atoms with Crippen LogP contribution in [-0.4, -0.2) is 40.8 Å². The highest BCUT2D eigenvalue weighted by Gasteiger charge is 2.27. The van der Waals surface area contributed by atoms with Gasteiger partial charge in [0.2, 0.25) is 5.91 Å².